The van der Waals surface area contributed by atoms with E-state index in [0.29, 0.717) is 29.6 Å². The first kappa shape index (κ1) is 25.2. The second-order valence-electron chi connectivity index (χ2n) is 5.75. The Morgan fingerprint density at radius 2 is 1.50 bits per heavy atom. The zero-order valence-corrected chi connectivity index (χ0v) is 19.5. The number of hydrazone groups is 1. The van der Waals surface area contributed by atoms with Gasteiger partial charge in [0.25, 0.3) is 0 Å². The molecular formula is C17H10ClF7I2N2O. The molecule has 0 amide bonds. The molecule has 0 saturated carbocycles. The smallest absolute Gasteiger partial charge is 0.462 e. The highest BCUT2D eigenvalue weighted by molar-refractivity contribution is 14.1. The van der Waals surface area contributed by atoms with Crippen molar-refractivity contribution in [2.75, 3.05) is 0 Å². The zero-order valence-electron chi connectivity index (χ0n) is 14.4. The third-order valence-corrected chi connectivity index (χ3v) is 5.34. The van der Waals surface area contributed by atoms with Crippen molar-refractivity contribution < 1.29 is 35.5 Å². The number of halogens is 10. The summed E-state index contributed by atoms with van der Waals surface area (Å²) in [6.45, 7) is 0.219. The lowest BCUT2D eigenvalue weighted by atomic mass is 10.2. The van der Waals surface area contributed by atoms with Gasteiger partial charge in [-0.1, -0.05) is 23.7 Å². The molecule has 1 N–H and O–H groups in total. The third-order valence-electron chi connectivity index (χ3n) is 3.49. The minimum Gasteiger partial charge on any atom is -0.487 e. The van der Waals surface area contributed by atoms with E-state index in [-0.39, 0.29) is 12.2 Å². The Kier molecular flexibility index (Phi) is 8.10. The van der Waals surface area contributed by atoms with Gasteiger partial charge < -0.3 is 4.74 Å². The van der Waals surface area contributed by atoms with Crippen LogP contribution < -0.4 is 10.2 Å². The van der Waals surface area contributed by atoms with Gasteiger partial charge in [0.15, 0.2) is 0 Å². The van der Waals surface area contributed by atoms with Gasteiger partial charge in [-0.25, -0.2) is 5.43 Å². The molecule has 0 heterocycles. The van der Waals surface area contributed by atoms with Gasteiger partial charge in [-0.15, -0.1) is 0 Å². The van der Waals surface area contributed by atoms with Crippen molar-refractivity contribution in [1.29, 1.82) is 0 Å². The normalized spacial score (nSPS) is 13.0. The molecule has 0 saturated heterocycles. The van der Waals surface area contributed by atoms with Crippen LogP contribution in [0.2, 0.25) is 5.02 Å². The van der Waals surface area contributed by atoms with E-state index >= 15 is 0 Å². The van der Waals surface area contributed by atoms with Gasteiger partial charge in [-0.05, 0) is 80.6 Å². The number of benzene rings is 2. The molecule has 0 radical (unpaired) electrons. The molecule has 2 aromatic rings. The molecule has 0 aliphatic heterocycles. The molecule has 30 heavy (non-hydrogen) atoms. The largest absolute Gasteiger partial charge is 0.487 e. The molecule has 0 bridgehead atoms. The lowest BCUT2D eigenvalue weighted by Crippen LogP contribution is -2.58. The van der Waals surface area contributed by atoms with E-state index < -0.39 is 18.1 Å². The quantitative estimate of drug-likeness (QED) is 0.114. The van der Waals surface area contributed by atoms with Crippen LogP contribution in [0.3, 0.4) is 0 Å². The van der Waals surface area contributed by atoms with Crippen LogP contribution in [0.25, 0.3) is 0 Å². The number of hydrogen-bond acceptors (Lipinski definition) is 3. The van der Waals surface area contributed by atoms with Crippen molar-refractivity contribution in [3.63, 3.8) is 0 Å². The summed E-state index contributed by atoms with van der Waals surface area (Å²) in [7, 11) is 0. The fourth-order valence-corrected chi connectivity index (χ4v) is 4.22. The molecule has 2 rings (SSSR count). The van der Waals surface area contributed by atoms with E-state index in [4.69, 9.17) is 16.3 Å². The van der Waals surface area contributed by atoms with Crippen LogP contribution >= 0.6 is 56.8 Å². The maximum absolute atomic E-state index is 13.2. The molecule has 3 nitrogen and oxygen atoms in total. The maximum atomic E-state index is 13.2. The maximum Gasteiger partial charge on any atom is 0.462 e. The molecule has 0 atom stereocenters. The summed E-state index contributed by atoms with van der Waals surface area (Å²) in [6, 6.07) is 4.18. The molecule has 0 aromatic heterocycles. The van der Waals surface area contributed by atoms with Crippen molar-refractivity contribution in [3.05, 3.63) is 59.7 Å². The Bertz CT molecular complexity index is 898. The first-order valence-electron chi connectivity index (χ1n) is 7.73. The topological polar surface area (TPSA) is 33.6 Å². The van der Waals surface area contributed by atoms with E-state index in [2.05, 4.69) is 5.10 Å². The summed E-state index contributed by atoms with van der Waals surface area (Å²) in [4.78, 5) is 0. The summed E-state index contributed by atoms with van der Waals surface area (Å²) in [6.07, 6.45) is -5.74. The number of nitrogens with one attached hydrogen (secondary N) is 1. The summed E-state index contributed by atoms with van der Waals surface area (Å²) in [5, 5.41) is 3.41. The van der Waals surface area contributed by atoms with Crippen molar-refractivity contribution in [3.8, 4) is 5.75 Å². The zero-order chi connectivity index (χ0) is 22.7. The predicted octanol–water partition coefficient (Wildman–Crippen LogP) is 6.84. The highest BCUT2D eigenvalue weighted by atomic mass is 127. The third kappa shape index (κ3) is 6.02. The molecule has 0 unspecified atom stereocenters. The molecule has 0 spiro atoms. The molecule has 13 heteroatoms. The summed E-state index contributed by atoms with van der Waals surface area (Å²) in [5.41, 5.74) is 1.60. The predicted molar refractivity (Wildman–Crippen MR) is 114 cm³/mol. The fraction of sp³-hybridized carbons (Fsp3) is 0.235. The Hall–Kier alpha value is -1.03. The molecule has 164 valence electrons. The molecule has 0 fully saturated rings. The Labute approximate surface area is 198 Å². The number of alkyl halides is 7. The van der Waals surface area contributed by atoms with Gasteiger partial charge in [0.1, 0.15) is 12.4 Å². The Morgan fingerprint density at radius 1 is 0.967 bits per heavy atom. The van der Waals surface area contributed by atoms with Gasteiger partial charge in [0.2, 0.25) is 0 Å². The average molecular weight is 681 g/mol. The lowest BCUT2D eigenvalue weighted by molar-refractivity contribution is -0.361. The molecule has 0 aliphatic rings. The van der Waals surface area contributed by atoms with Crippen LogP contribution in [0.5, 0.6) is 5.75 Å². The van der Waals surface area contributed by atoms with Crippen LogP contribution in [0.15, 0.2) is 41.5 Å². The number of rotatable bonds is 7. The van der Waals surface area contributed by atoms with Crippen molar-refractivity contribution in [1.82, 2.24) is 5.43 Å². The van der Waals surface area contributed by atoms with Gasteiger partial charge in [0.05, 0.1) is 13.4 Å². The highest BCUT2D eigenvalue weighted by Crippen LogP contribution is 2.45. The van der Waals surface area contributed by atoms with Crippen LogP contribution in [-0.2, 0) is 6.61 Å². The van der Waals surface area contributed by atoms with E-state index in [0.717, 1.165) is 5.56 Å². The molecule has 2 aromatic carbocycles. The van der Waals surface area contributed by atoms with E-state index in [1.807, 2.05) is 45.2 Å². The average Bonchev–Trinajstić information content (AvgIpc) is 2.61. The monoisotopic (exact) mass is 680 g/mol. The Balaban J connectivity index is 2.10. The van der Waals surface area contributed by atoms with Gasteiger partial charge in [-0.3, -0.25) is 0 Å². The highest BCUT2D eigenvalue weighted by Gasteiger charge is 2.73. The van der Waals surface area contributed by atoms with Crippen LogP contribution in [0, 0.1) is 7.14 Å². The van der Waals surface area contributed by atoms with Crippen molar-refractivity contribution in [2.24, 2.45) is 5.10 Å². The van der Waals surface area contributed by atoms with Crippen LogP contribution in [-0.4, -0.2) is 24.4 Å². The van der Waals surface area contributed by atoms with Gasteiger partial charge in [0, 0.05) is 5.02 Å². The van der Waals surface area contributed by atoms with Crippen molar-refractivity contribution >= 4 is 63.0 Å². The van der Waals surface area contributed by atoms with Crippen LogP contribution in [0.1, 0.15) is 11.1 Å². The standard InChI is InChI=1S/C17H10ClF7I2N2O/c18-11-3-1-9(2-4-11)8-30-14-12(26)5-10(6-13(14)27)7-28-29-17(24,25)15(19,20)16(21,22)23/h1-7,29H,8H2/b28-7+. The van der Waals surface area contributed by atoms with E-state index in [9.17, 15) is 30.7 Å². The first-order chi connectivity index (χ1) is 13.7. The van der Waals surface area contributed by atoms with E-state index in [1.165, 1.54) is 12.1 Å². The van der Waals surface area contributed by atoms with Gasteiger partial charge >= 0.3 is 18.1 Å². The second kappa shape index (κ2) is 9.63. The number of ether oxygens (including phenoxy) is 1. The Morgan fingerprint density at radius 3 is 2.00 bits per heavy atom. The second-order valence-corrected chi connectivity index (χ2v) is 8.51. The van der Waals surface area contributed by atoms with E-state index in [1.54, 1.807) is 24.3 Å². The first-order valence-corrected chi connectivity index (χ1v) is 10.3. The summed E-state index contributed by atoms with van der Waals surface area (Å²) >= 11 is 9.61. The minimum absolute atomic E-state index is 0.182. The molecular weight excluding hydrogens is 670 g/mol. The lowest BCUT2D eigenvalue weighted by Gasteiger charge is -2.27. The minimum atomic E-state index is -6.44. The summed E-state index contributed by atoms with van der Waals surface area (Å²) < 4.78 is 95.1. The summed E-state index contributed by atoms with van der Waals surface area (Å²) in [5.74, 6) is -5.82. The van der Waals surface area contributed by atoms with Gasteiger partial charge in [-0.2, -0.15) is 35.8 Å². The number of hydrogen-bond donors (Lipinski definition) is 1. The number of nitrogens with zero attached hydrogens (tertiary/aromatic N) is 1. The molecule has 0 aliphatic carbocycles. The van der Waals surface area contributed by atoms with Crippen molar-refractivity contribution in [2.45, 2.75) is 24.8 Å². The van der Waals surface area contributed by atoms with Crippen LogP contribution in [0.4, 0.5) is 30.7 Å². The SMILES string of the molecule is FC(F)(F)C(F)(F)C(F)(F)N/N=C/c1cc(I)c(OCc2ccc(Cl)cc2)c(I)c1. The fourth-order valence-electron chi connectivity index (χ4n) is 1.96.